The van der Waals surface area contributed by atoms with Gasteiger partial charge in [-0.05, 0) is 31.2 Å². The van der Waals surface area contributed by atoms with Crippen LogP contribution in [0.5, 0.6) is 0 Å². The minimum Gasteiger partial charge on any atom is -0.327 e. The van der Waals surface area contributed by atoms with E-state index in [0.717, 1.165) is 6.42 Å². The van der Waals surface area contributed by atoms with Crippen LogP contribution >= 0.6 is 0 Å². The maximum atomic E-state index is 6.14. The van der Waals surface area contributed by atoms with Crippen molar-refractivity contribution < 1.29 is 0 Å². The topological polar surface area (TPSA) is 43.8 Å². The maximum absolute atomic E-state index is 6.14. The zero-order valence-electron chi connectivity index (χ0n) is 10.3. The first kappa shape index (κ1) is 10.8. The van der Waals surface area contributed by atoms with E-state index in [1.165, 1.54) is 35.9 Å². The molecule has 3 rings (SSSR count). The van der Waals surface area contributed by atoms with Gasteiger partial charge in [0.15, 0.2) is 0 Å². The highest BCUT2D eigenvalue weighted by molar-refractivity contribution is 5.81. The third kappa shape index (κ3) is 1.84. The summed E-state index contributed by atoms with van der Waals surface area (Å²) in [5, 5.41) is 5.94. The number of fused-ring (bicyclic) bond motifs is 1. The monoisotopic (exact) mass is 229 g/mol. The molecule has 1 aromatic carbocycles. The van der Waals surface area contributed by atoms with Gasteiger partial charge in [0.1, 0.15) is 0 Å². The van der Waals surface area contributed by atoms with E-state index in [0.29, 0.717) is 12.0 Å². The molecule has 1 aromatic heterocycles. The molecule has 0 saturated heterocycles. The molecule has 0 aliphatic heterocycles. The second kappa shape index (κ2) is 4.15. The lowest BCUT2D eigenvalue weighted by Crippen LogP contribution is -2.26. The first-order chi connectivity index (χ1) is 8.25. The van der Waals surface area contributed by atoms with E-state index in [-0.39, 0.29) is 0 Å². The van der Waals surface area contributed by atoms with Crippen molar-refractivity contribution >= 4 is 10.9 Å². The molecule has 2 N–H and O–H groups in total. The predicted molar refractivity (Wildman–Crippen MR) is 69.7 cm³/mol. The van der Waals surface area contributed by atoms with Gasteiger partial charge in [-0.25, -0.2) is 0 Å². The van der Waals surface area contributed by atoms with Crippen LogP contribution in [-0.4, -0.2) is 15.8 Å². The van der Waals surface area contributed by atoms with Crippen LogP contribution in [0.15, 0.2) is 24.3 Å². The highest BCUT2D eigenvalue weighted by Gasteiger charge is 2.25. The fourth-order valence-corrected chi connectivity index (χ4v) is 3.01. The molecule has 17 heavy (non-hydrogen) atoms. The summed E-state index contributed by atoms with van der Waals surface area (Å²) in [5.74, 6) is 0.619. The molecule has 2 aromatic rings. The van der Waals surface area contributed by atoms with Crippen molar-refractivity contribution in [3.63, 3.8) is 0 Å². The Labute approximate surface area is 102 Å². The highest BCUT2D eigenvalue weighted by atomic mass is 15.3. The minimum absolute atomic E-state index is 0.371. The van der Waals surface area contributed by atoms with Gasteiger partial charge in [-0.2, -0.15) is 5.10 Å². The van der Waals surface area contributed by atoms with Gasteiger partial charge in [-0.15, -0.1) is 0 Å². The Kier molecular flexibility index (Phi) is 2.63. The minimum atomic E-state index is 0.371. The van der Waals surface area contributed by atoms with Gasteiger partial charge < -0.3 is 5.73 Å². The number of aromatic nitrogens is 2. The van der Waals surface area contributed by atoms with E-state index < -0.39 is 0 Å². The molecule has 2 unspecified atom stereocenters. The predicted octanol–water partition coefficient (Wildman–Crippen LogP) is 2.24. The van der Waals surface area contributed by atoms with Crippen molar-refractivity contribution in [2.24, 2.45) is 18.7 Å². The molecule has 90 valence electrons. The van der Waals surface area contributed by atoms with Crippen molar-refractivity contribution in [2.75, 3.05) is 0 Å². The summed E-state index contributed by atoms with van der Waals surface area (Å²) in [6.45, 7) is 0. The van der Waals surface area contributed by atoms with Crippen LogP contribution in [-0.2, 0) is 13.5 Å². The van der Waals surface area contributed by atoms with E-state index >= 15 is 0 Å². The second-order valence-electron chi connectivity index (χ2n) is 5.15. The summed E-state index contributed by atoms with van der Waals surface area (Å²) in [6.07, 6.45) is 4.74. The molecule has 3 nitrogen and oxygen atoms in total. The van der Waals surface area contributed by atoms with E-state index in [2.05, 4.69) is 29.4 Å². The Bertz CT molecular complexity index is 529. The average Bonchev–Trinajstić information content (AvgIpc) is 2.87. The normalized spacial score (nSPS) is 24.6. The van der Waals surface area contributed by atoms with Gasteiger partial charge in [0.2, 0.25) is 0 Å². The van der Waals surface area contributed by atoms with Crippen molar-refractivity contribution in [1.29, 1.82) is 0 Å². The molecule has 1 fully saturated rings. The van der Waals surface area contributed by atoms with E-state index in [9.17, 15) is 0 Å². The van der Waals surface area contributed by atoms with Gasteiger partial charge >= 0.3 is 0 Å². The number of rotatable bonds is 2. The summed E-state index contributed by atoms with van der Waals surface area (Å²) < 4.78 is 1.98. The Morgan fingerprint density at radius 2 is 2.18 bits per heavy atom. The molecule has 0 amide bonds. The molecule has 0 spiro atoms. The van der Waals surface area contributed by atoms with E-state index in [4.69, 9.17) is 5.73 Å². The molecule has 1 aliphatic carbocycles. The average molecular weight is 229 g/mol. The van der Waals surface area contributed by atoms with Crippen LogP contribution in [0, 0.1) is 5.92 Å². The number of nitrogens with two attached hydrogens (primary N) is 1. The Balaban J connectivity index is 1.95. The van der Waals surface area contributed by atoms with Crippen LogP contribution in [0.25, 0.3) is 10.9 Å². The molecule has 1 aliphatic rings. The molecule has 2 atom stereocenters. The quantitative estimate of drug-likeness (QED) is 0.858. The van der Waals surface area contributed by atoms with E-state index in [1.54, 1.807) is 0 Å². The number of nitrogens with zero attached hydrogens (tertiary/aromatic N) is 2. The first-order valence-corrected chi connectivity index (χ1v) is 6.42. The SMILES string of the molecule is Cn1nc(CC2CCCC2N)c2ccccc21. The fourth-order valence-electron chi connectivity index (χ4n) is 3.01. The van der Waals surface area contributed by atoms with Crippen LogP contribution in [0.3, 0.4) is 0 Å². The number of benzene rings is 1. The van der Waals surface area contributed by atoms with Crippen molar-refractivity contribution in [3.05, 3.63) is 30.0 Å². The number of aryl methyl sites for hydroxylation is 1. The lowest BCUT2D eigenvalue weighted by Gasteiger charge is -2.13. The smallest absolute Gasteiger partial charge is 0.0706 e. The first-order valence-electron chi connectivity index (χ1n) is 6.42. The molecule has 1 saturated carbocycles. The summed E-state index contributed by atoms with van der Waals surface area (Å²) in [6, 6.07) is 8.81. The molecular weight excluding hydrogens is 210 g/mol. The van der Waals surface area contributed by atoms with Gasteiger partial charge in [-0.3, -0.25) is 4.68 Å². The Morgan fingerprint density at radius 1 is 1.35 bits per heavy atom. The van der Waals surface area contributed by atoms with Gasteiger partial charge in [0.05, 0.1) is 11.2 Å². The van der Waals surface area contributed by atoms with Crippen LogP contribution in [0.1, 0.15) is 25.0 Å². The maximum Gasteiger partial charge on any atom is 0.0706 e. The highest BCUT2D eigenvalue weighted by Crippen LogP contribution is 2.29. The van der Waals surface area contributed by atoms with Gasteiger partial charge in [0, 0.05) is 18.5 Å². The number of hydrogen-bond donors (Lipinski definition) is 1. The summed E-state index contributed by atoms with van der Waals surface area (Å²) in [7, 11) is 2.01. The molecule has 0 radical (unpaired) electrons. The van der Waals surface area contributed by atoms with Crippen LogP contribution in [0.4, 0.5) is 0 Å². The van der Waals surface area contributed by atoms with Crippen molar-refractivity contribution in [1.82, 2.24) is 9.78 Å². The summed E-state index contributed by atoms with van der Waals surface area (Å²) in [5.41, 5.74) is 8.57. The van der Waals surface area contributed by atoms with Crippen LogP contribution < -0.4 is 5.73 Å². The summed E-state index contributed by atoms with van der Waals surface area (Å²) in [4.78, 5) is 0. The number of hydrogen-bond acceptors (Lipinski definition) is 2. The zero-order chi connectivity index (χ0) is 11.8. The third-order valence-corrected chi connectivity index (χ3v) is 4.01. The number of para-hydroxylation sites is 1. The summed E-state index contributed by atoms with van der Waals surface area (Å²) >= 11 is 0. The van der Waals surface area contributed by atoms with Gasteiger partial charge in [0.25, 0.3) is 0 Å². The van der Waals surface area contributed by atoms with E-state index in [1.807, 2.05) is 11.7 Å². The second-order valence-corrected chi connectivity index (χ2v) is 5.15. The van der Waals surface area contributed by atoms with Crippen molar-refractivity contribution in [3.8, 4) is 0 Å². The molecule has 1 heterocycles. The van der Waals surface area contributed by atoms with Crippen LogP contribution in [0.2, 0.25) is 0 Å². The van der Waals surface area contributed by atoms with Gasteiger partial charge in [-0.1, -0.05) is 24.6 Å². The Morgan fingerprint density at radius 3 is 2.94 bits per heavy atom. The molecular formula is C14H19N3. The van der Waals surface area contributed by atoms with Crippen molar-refractivity contribution in [2.45, 2.75) is 31.7 Å². The largest absolute Gasteiger partial charge is 0.327 e. The lowest BCUT2D eigenvalue weighted by molar-refractivity contribution is 0.472. The fraction of sp³-hybridized carbons (Fsp3) is 0.500. The molecule has 3 heteroatoms. The third-order valence-electron chi connectivity index (χ3n) is 4.01. The molecule has 0 bridgehead atoms. The zero-order valence-corrected chi connectivity index (χ0v) is 10.3. The standard InChI is InChI=1S/C14H19N3/c1-17-14-8-3-2-6-11(14)13(16-17)9-10-5-4-7-12(10)15/h2-3,6,8,10,12H,4-5,7,9,15H2,1H3. The lowest BCUT2D eigenvalue weighted by atomic mass is 9.97. The Hall–Kier alpha value is -1.35.